The lowest BCUT2D eigenvalue weighted by Crippen LogP contribution is -2.53. The van der Waals surface area contributed by atoms with Gasteiger partial charge in [-0.15, -0.1) is 0 Å². The highest BCUT2D eigenvalue weighted by Gasteiger charge is 2.38. The number of nitrogens with zero attached hydrogens (tertiary/aromatic N) is 2. The van der Waals surface area contributed by atoms with Gasteiger partial charge in [-0.3, -0.25) is 4.90 Å². The van der Waals surface area contributed by atoms with Crippen LogP contribution in [0.5, 0.6) is 0 Å². The number of anilines is 2. The molecule has 1 saturated carbocycles. The Morgan fingerprint density at radius 3 is 2.60 bits per heavy atom. The van der Waals surface area contributed by atoms with Crippen LogP contribution in [0.15, 0.2) is 12.1 Å². The first-order chi connectivity index (χ1) is 12.0. The normalized spacial score (nSPS) is 28.8. The number of pyridine rings is 1. The van der Waals surface area contributed by atoms with Crippen molar-refractivity contribution < 1.29 is 4.74 Å². The van der Waals surface area contributed by atoms with E-state index in [-0.39, 0.29) is 0 Å². The average Bonchev–Trinajstić information content (AvgIpc) is 2.61. The van der Waals surface area contributed by atoms with E-state index < -0.39 is 0 Å². The van der Waals surface area contributed by atoms with Gasteiger partial charge in [0.1, 0.15) is 5.15 Å². The van der Waals surface area contributed by atoms with Crippen LogP contribution >= 0.6 is 11.6 Å². The number of hydrogen-bond acceptors (Lipinski definition) is 5. The molecular formula is C19H31ClN4O. The number of rotatable bonds is 5. The summed E-state index contributed by atoms with van der Waals surface area (Å²) in [6, 6.07) is 3.95. The van der Waals surface area contributed by atoms with Gasteiger partial charge in [0.05, 0.1) is 11.8 Å². The zero-order valence-corrected chi connectivity index (χ0v) is 16.2. The number of nitrogens with two attached hydrogens (primary N) is 1. The molecule has 0 atom stereocenters. The Kier molecular flexibility index (Phi) is 6.08. The van der Waals surface area contributed by atoms with Gasteiger partial charge in [0.25, 0.3) is 0 Å². The molecule has 3 rings (SSSR count). The smallest absolute Gasteiger partial charge is 0.151 e. The molecule has 0 unspecified atom stereocenters. The highest BCUT2D eigenvalue weighted by molar-refractivity contribution is 6.29. The number of aromatic nitrogens is 1. The second kappa shape index (κ2) is 8.11. The molecule has 2 fully saturated rings. The van der Waals surface area contributed by atoms with Crippen molar-refractivity contribution in [3.63, 3.8) is 0 Å². The molecule has 0 radical (unpaired) electrons. The molecule has 25 heavy (non-hydrogen) atoms. The van der Waals surface area contributed by atoms with Crippen LogP contribution in [0.25, 0.3) is 0 Å². The molecule has 6 heteroatoms. The number of hydrogen-bond donors (Lipinski definition) is 2. The van der Waals surface area contributed by atoms with Crippen molar-refractivity contribution in [1.82, 2.24) is 9.88 Å². The Balaban J connectivity index is 1.51. The van der Waals surface area contributed by atoms with Crippen LogP contribution in [0.4, 0.5) is 11.5 Å². The van der Waals surface area contributed by atoms with E-state index in [4.69, 9.17) is 22.1 Å². The molecule has 1 aliphatic carbocycles. The van der Waals surface area contributed by atoms with Crippen molar-refractivity contribution in [3.8, 4) is 0 Å². The number of piperidine rings is 1. The number of halogens is 1. The minimum absolute atomic E-state index is 0.325. The fraction of sp³-hybridized carbons (Fsp3) is 0.737. The third kappa shape index (κ3) is 4.57. The summed E-state index contributed by atoms with van der Waals surface area (Å²) < 4.78 is 5.81. The predicted octanol–water partition coefficient (Wildman–Crippen LogP) is 3.93. The lowest BCUT2D eigenvalue weighted by Gasteiger charge is -2.48. The van der Waals surface area contributed by atoms with E-state index in [1.807, 2.05) is 6.07 Å². The monoisotopic (exact) mass is 366 g/mol. The Labute approximate surface area is 156 Å². The first kappa shape index (κ1) is 18.7. The molecule has 2 aliphatic rings. The molecule has 0 amide bonds. The van der Waals surface area contributed by atoms with Gasteiger partial charge in [0.2, 0.25) is 0 Å². The Morgan fingerprint density at radius 2 is 1.96 bits per heavy atom. The number of nitrogen functional groups attached to an aromatic ring is 1. The van der Waals surface area contributed by atoms with E-state index in [1.54, 1.807) is 6.07 Å². The van der Waals surface area contributed by atoms with Crippen molar-refractivity contribution in [3.05, 3.63) is 17.3 Å². The molecule has 1 saturated heterocycles. The quantitative estimate of drug-likeness (QED) is 0.773. The first-order valence-corrected chi connectivity index (χ1v) is 9.93. The largest absolute Gasteiger partial charge is 0.396 e. The highest BCUT2D eigenvalue weighted by Crippen LogP contribution is 2.36. The van der Waals surface area contributed by atoms with Crippen molar-refractivity contribution in [2.24, 2.45) is 0 Å². The van der Waals surface area contributed by atoms with Crippen LogP contribution in [-0.4, -0.2) is 47.3 Å². The molecule has 3 N–H and O–H groups in total. The van der Waals surface area contributed by atoms with Crippen LogP contribution in [0.2, 0.25) is 5.15 Å². The van der Waals surface area contributed by atoms with Gasteiger partial charge in [-0.1, -0.05) is 11.6 Å². The summed E-state index contributed by atoms with van der Waals surface area (Å²) >= 11 is 5.99. The lowest BCUT2D eigenvalue weighted by atomic mass is 9.79. The minimum Gasteiger partial charge on any atom is -0.396 e. The molecule has 5 nitrogen and oxygen atoms in total. The van der Waals surface area contributed by atoms with Crippen molar-refractivity contribution in [2.75, 3.05) is 30.7 Å². The predicted molar refractivity (Wildman–Crippen MR) is 104 cm³/mol. The Bertz CT molecular complexity index is 567. The van der Waals surface area contributed by atoms with Crippen LogP contribution < -0.4 is 11.1 Å². The number of likely N-dealkylation sites (tertiary alicyclic amines) is 1. The van der Waals surface area contributed by atoms with Crippen LogP contribution in [0, 0.1) is 0 Å². The minimum atomic E-state index is 0.325. The highest BCUT2D eigenvalue weighted by atomic mass is 35.5. The summed E-state index contributed by atoms with van der Waals surface area (Å²) in [7, 11) is 0. The number of nitrogens with one attached hydrogen (secondary N) is 1. The fourth-order valence-electron chi connectivity index (χ4n) is 4.25. The van der Waals surface area contributed by atoms with Crippen molar-refractivity contribution in [2.45, 2.75) is 70.1 Å². The molecular weight excluding hydrogens is 336 g/mol. The van der Waals surface area contributed by atoms with Gasteiger partial charge >= 0.3 is 0 Å². The second-order valence-corrected chi connectivity index (χ2v) is 8.02. The number of ether oxygens (including phenoxy) is 1. The van der Waals surface area contributed by atoms with E-state index in [9.17, 15) is 0 Å². The maximum Gasteiger partial charge on any atom is 0.151 e. The zero-order valence-electron chi connectivity index (χ0n) is 15.4. The maximum atomic E-state index is 6.00. The summed E-state index contributed by atoms with van der Waals surface area (Å²) in [5.41, 5.74) is 6.99. The van der Waals surface area contributed by atoms with Crippen LogP contribution in [0.3, 0.4) is 0 Å². The summed E-state index contributed by atoms with van der Waals surface area (Å²) in [6.07, 6.45) is 7.53. The molecule has 0 spiro atoms. The van der Waals surface area contributed by atoms with E-state index in [2.05, 4.69) is 29.0 Å². The van der Waals surface area contributed by atoms with Gasteiger partial charge in [0, 0.05) is 31.3 Å². The average molecular weight is 367 g/mol. The van der Waals surface area contributed by atoms with Crippen LogP contribution in [0.1, 0.15) is 52.4 Å². The van der Waals surface area contributed by atoms with Gasteiger partial charge in [-0.05, 0) is 64.5 Å². The van der Waals surface area contributed by atoms with Gasteiger partial charge in [0.15, 0.2) is 5.82 Å². The second-order valence-electron chi connectivity index (χ2n) is 7.63. The lowest BCUT2D eigenvalue weighted by molar-refractivity contribution is -0.0242. The Morgan fingerprint density at radius 1 is 1.28 bits per heavy atom. The Hall–Kier alpha value is -1.04. The standard InChI is InChI=1S/C19H31ClN4O/c1-3-25-15-6-10-19(2,11-7-15)24-12-8-14(9-13-24)22-18-16(21)4-5-17(20)23-18/h4-5,14-15H,3,6-13,21H2,1-2H3,(H,22,23)/t15-,19-. The van der Waals surface area contributed by atoms with E-state index in [0.717, 1.165) is 38.4 Å². The topological polar surface area (TPSA) is 63.4 Å². The third-order valence-electron chi connectivity index (χ3n) is 5.90. The molecule has 1 aliphatic heterocycles. The summed E-state index contributed by atoms with van der Waals surface area (Å²) in [5, 5.41) is 3.96. The van der Waals surface area contributed by atoms with Crippen molar-refractivity contribution in [1.29, 1.82) is 0 Å². The van der Waals surface area contributed by atoms with Gasteiger partial charge in [-0.2, -0.15) is 0 Å². The van der Waals surface area contributed by atoms with Gasteiger partial charge in [-0.25, -0.2) is 4.98 Å². The molecule has 0 aromatic carbocycles. The van der Waals surface area contributed by atoms with E-state index in [1.165, 1.54) is 25.7 Å². The fourth-order valence-corrected chi connectivity index (χ4v) is 4.40. The third-order valence-corrected chi connectivity index (χ3v) is 6.11. The summed E-state index contributed by atoms with van der Waals surface area (Å²) in [5.74, 6) is 0.717. The molecule has 140 valence electrons. The molecule has 1 aromatic rings. The molecule has 0 bridgehead atoms. The van der Waals surface area contributed by atoms with Crippen molar-refractivity contribution >= 4 is 23.1 Å². The SMILES string of the molecule is CCO[C@H]1CC[C@](C)(N2CCC(Nc3nc(Cl)ccc3N)CC2)CC1. The maximum absolute atomic E-state index is 6.00. The molecule has 2 heterocycles. The van der Waals surface area contributed by atoms with E-state index >= 15 is 0 Å². The van der Waals surface area contributed by atoms with E-state index in [0.29, 0.717) is 28.5 Å². The molecule has 1 aromatic heterocycles. The first-order valence-electron chi connectivity index (χ1n) is 9.55. The van der Waals surface area contributed by atoms with Crippen LogP contribution in [-0.2, 0) is 4.74 Å². The zero-order chi connectivity index (χ0) is 17.9. The summed E-state index contributed by atoms with van der Waals surface area (Å²) in [6.45, 7) is 7.59. The van der Waals surface area contributed by atoms with Gasteiger partial charge < -0.3 is 15.8 Å². The summed E-state index contributed by atoms with van der Waals surface area (Å²) in [4.78, 5) is 7.00.